The van der Waals surface area contributed by atoms with Gasteiger partial charge >= 0.3 is 5.76 Å². The van der Waals surface area contributed by atoms with Gasteiger partial charge in [0.15, 0.2) is 5.58 Å². The number of ether oxygens (including phenoxy) is 1. The minimum atomic E-state index is -0.451. The van der Waals surface area contributed by atoms with Gasteiger partial charge in [-0.1, -0.05) is 12.1 Å². The molecular formula is C20H25N3O5. The Bertz CT molecular complexity index is 912. The maximum atomic E-state index is 12.7. The Morgan fingerprint density at radius 1 is 1.07 bits per heavy atom. The standard InChI is InChI=1S/C20H25N3O5/c24-18(7-9-23-16-5-1-2-6-17(16)28-20(23)26)22-8-3-4-15(14-22)19(25)21-10-12-27-13-11-21/h1-2,5-6,15H,3-4,7-14H2. The Hall–Kier alpha value is -2.61. The topological polar surface area (TPSA) is 85.0 Å². The molecule has 0 spiro atoms. The van der Waals surface area contributed by atoms with Crippen molar-refractivity contribution in [2.45, 2.75) is 25.8 Å². The third-order valence-corrected chi connectivity index (χ3v) is 5.57. The number of amides is 2. The van der Waals surface area contributed by atoms with Crippen LogP contribution in [0.5, 0.6) is 0 Å². The summed E-state index contributed by atoms with van der Waals surface area (Å²) in [5.41, 5.74) is 1.22. The number of para-hydroxylation sites is 2. The quantitative estimate of drug-likeness (QED) is 0.784. The molecule has 4 rings (SSSR count). The Morgan fingerprint density at radius 3 is 2.68 bits per heavy atom. The molecule has 0 radical (unpaired) electrons. The van der Waals surface area contributed by atoms with Crippen molar-refractivity contribution in [3.8, 4) is 0 Å². The Morgan fingerprint density at radius 2 is 1.86 bits per heavy atom. The summed E-state index contributed by atoms with van der Waals surface area (Å²) in [6, 6.07) is 7.19. The van der Waals surface area contributed by atoms with E-state index in [4.69, 9.17) is 9.15 Å². The van der Waals surface area contributed by atoms with Gasteiger partial charge in [0.25, 0.3) is 0 Å². The zero-order valence-corrected chi connectivity index (χ0v) is 15.8. The first kappa shape index (κ1) is 18.7. The molecule has 8 heteroatoms. The van der Waals surface area contributed by atoms with Gasteiger partial charge in [-0.15, -0.1) is 0 Å². The van der Waals surface area contributed by atoms with Gasteiger partial charge in [0, 0.05) is 39.1 Å². The van der Waals surface area contributed by atoms with Crippen LogP contribution >= 0.6 is 0 Å². The second-order valence-corrected chi connectivity index (χ2v) is 7.35. The molecule has 2 aliphatic heterocycles. The number of oxazole rings is 1. The summed E-state index contributed by atoms with van der Waals surface area (Å²) in [5.74, 6) is -0.504. The second kappa shape index (κ2) is 8.18. The molecule has 0 aliphatic carbocycles. The SMILES string of the molecule is O=C(CCn1c(=O)oc2ccccc21)N1CCCC(C(=O)N2CCOCC2)C1. The van der Waals surface area contributed by atoms with Gasteiger partial charge in [0.05, 0.1) is 24.6 Å². The van der Waals surface area contributed by atoms with Crippen molar-refractivity contribution < 1.29 is 18.7 Å². The number of likely N-dealkylation sites (tertiary alicyclic amines) is 1. The molecule has 8 nitrogen and oxygen atoms in total. The van der Waals surface area contributed by atoms with Crippen molar-refractivity contribution >= 4 is 22.9 Å². The van der Waals surface area contributed by atoms with E-state index < -0.39 is 5.76 Å². The lowest BCUT2D eigenvalue weighted by Gasteiger charge is -2.36. The molecule has 1 aromatic carbocycles. The Labute approximate surface area is 162 Å². The fourth-order valence-electron chi connectivity index (χ4n) is 4.04. The summed E-state index contributed by atoms with van der Waals surface area (Å²) in [6.45, 7) is 3.79. The summed E-state index contributed by atoms with van der Waals surface area (Å²) >= 11 is 0. The summed E-state index contributed by atoms with van der Waals surface area (Å²) in [4.78, 5) is 41.1. The number of nitrogens with zero attached hydrogens (tertiary/aromatic N) is 3. The average molecular weight is 387 g/mol. The highest BCUT2D eigenvalue weighted by molar-refractivity contribution is 5.81. The van der Waals surface area contributed by atoms with Crippen molar-refractivity contribution in [2.75, 3.05) is 39.4 Å². The van der Waals surface area contributed by atoms with Crippen LogP contribution in [0.15, 0.2) is 33.5 Å². The molecule has 2 aromatic rings. The molecule has 1 aromatic heterocycles. The molecule has 28 heavy (non-hydrogen) atoms. The van der Waals surface area contributed by atoms with Crippen LogP contribution in [0.3, 0.4) is 0 Å². The molecule has 1 atom stereocenters. The second-order valence-electron chi connectivity index (χ2n) is 7.35. The number of benzene rings is 1. The number of carbonyl (C=O) groups is 2. The van der Waals surface area contributed by atoms with E-state index in [-0.39, 0.29) is 30.7 Å². The Kier molecular flexibility index (Phi) is 5.47. The van der Waals surface area contributed by atoms with E-state index in [0.717, 1.165) is 12.8 Å². The van der Waals surface area contributed by atoms with E-state index in [1.165, 1.54) is 4.57 Å². The molecule has 2 aliphatic rings. The van der Waals surface area contributed by atoms with Gasteiger partial charge in [-0.3, -0.25) is 14.2 Å². The fraction of sp³-hybridized carbons (Fsp3) is 0.550. The number of aryl methyl sites for hydroxylation is 1. The van der Waals surface area contributed by atoms with E-state index in [1.807, 2.05) is 17.0 Å². The van der Waals surface area contributed by atoms with Crippen molar-refractivity contribution in [2.24, 2.45) is 5.92 Å². The predicted molar refractivity (Wildman–Crippen MR) is 102 cm³/mol. The molecule has 2 amide bonds. The van der Waals surface area contributed by atoms with Crippen LogP contribution in [0, 0.1) is 5.92 Å². The zero-order chi connectivity index (χ0) is 19.5. The van der Waals surface area contributed by atoms with Crippen molar-refractivity contribution in [3.63, 3.8) is 0 Å². The molecular weight excluding hydrogens is 362 g/mol. The molecule has 2 fully saturated rings. The van der Waals surface area contributed by atoms with E-state index in [1.54, 1.807) is 17.0 Å². The molecule has 0 bridgehead atoms. The molecule has 0 saturated carbocycles. The fourth-order valence-corrected chi connectivity index (χ4v) is 4.04. The van der Waals surface area contributed by atoms with Crippen LogP contribution in [-0.4, -0.2) is 65.6 Å². The highest BCUT2D eigenvalue weighted by atomic mass is 16.5. The highest BCUT2D eigenvalue weighted by Gasteiger charge is 2.31. The number of hydrogen-bond acceptors (Lipinski definition) is 5. The van der Waals surface area contributed by atoms with Gasteiger partial charge in [0.2, 0.25) is 11.8 Å². The number of hydrogen-bond donors (Lipinski definition) is 0. The van der Waals surface area contributed by atoms with Gasteiger partial charge in [-0.05, 0) is 25.0 Å². The molecule has 150 valence electrons. The largest absolute Gasteiger partial charge is 0.419 e. The maximum Gasteiger partial charge on any atom is 0.419 e. The Balaban J connectivity index is 1.37. The van der Waals surface area contributed by atoms with Crippen LogP contribution in [-0.2, 0) is 20.9 Å². The number of aromatic nitrogens is 1. The predicted octanol–water partition coefficient (Wildman–Crippen LogP) is 1.08. The summed E-state index contributed by atoms with van der Waals surface area (Å²) in [7, 11) is 0. The van der Waals surface area contributed by atoms with Crippen LogP contribution in [0.1, 0.15) is 19.3 Å². The smallest absolute Gasteiger partial charge is 0.408 e. The minimum absolute atomic E-state index is 0.0309. The summed E-state index contributed by atoms with van der Waals surface area (Å²) in [6.07, 6.45) is 1.84. The normalized spacial score (nSPS) is 20.5. The maximum absolute atomic E-state index is 12.7. The lowest BCUT2D eigenvalue weighted by molar-refractivity contribution is -0.144. The molecule has 1 unspecified atom stereocenters. The van der Waals surface area contributed by atoms with E-state index in [0.29, 0.717) is 50.5 Å². The van der Waals surface area contributed by atoms with Crippen LogP contribution in [0.4, 0.5) is 0 Å². The first-order valence-electron chi connectivity index (χ1n) is 9.86. The van der Waals surface area contributed by atoms with Gasteiger partial charge in [0.1, 0.15) is 0 Å². The third kappa shape index (κ3) is 3.82. The van der Waals surface area contributed by atoms with Crippen LogP contribution in [0.2, 0.25) is 0 Å². The molecule has 0 N–H and O–H groups in total. The van der Waals surface area contributed by atoms with Crippen molar-refractivity contribution in [1.82, 2.24) is 14.4 Å². The first-order valence-corrected chi connectivity index (χ1v) is 9.86. The number of carbonyl (C=O) groups excluding carboxylic acids is 2. The van der Waals surface area contributed by atoms with Crippen molar-refractivity contribution in [1.29, 1.82) is 0 Å². The van der Waals surface area contributed by atoms with Gasteiger partial charge in [-0.25, -0.2) is 4.79 Å². The summed E-state index contributed by atoms with van der Waals surface area (Å²) in [5, 5.41) is 0. The number of morpholine rings is 1. The van der Waals surface area contributed by atoms with Crippen LogP contribution in [0.25, 0.3) is 11.1 Å². The lowest BCUT2D eigenvalue weighted by Crippen LogP contribution is -2.49. The van der Waals surface area contributed by atoms with E-state index >= 15 is 0 Å². The van der Waals surface area contributed by atoms with Crippen molar-refractivity contribution in [3.05, 3.63) is 34.8 Å². The zero-order valence-electron chi connectivity index (χ0n) is 15.8. The number of fused-ring (bicyclic) bond motifs is 1. The van der Waals surface area contributed by atoms with E-state index in [2.05, 4.69) is 0 Å². The number of piperidine rings is 1. The minimum Gasteiger partial charge on any atom is -0.408 e. The highest BCUT2D eigenvalue weighted by Crippen LogP contribution is 2.21. The summed E-state index contributed by atoms with van der Waals surface area (Å²) < 4.78 is 12.0. The number of rotatable bonds is 4. The first-order chi connectivity index (χ1) is 13.6. The third-order valence-electron chi connectivity index (χ3n) is 5.57. The van der Waals surface area contributed by atoms with E-state index in [9.17, 15) is 14.4 Å². The monoisotopic (exact) mass is 387 g/mol. The van der Waals surface area contributed by atoms with Crippen LogP contribution < -0.4 is 5.76 Å². The van der Waals surface area contributed by atoms with Gasteiger partial charge < -0.3 is 19.0 Å². The molecule has 3 heterocycles. The average Bonchev–Trinajstić information content (AvgIpc) is 3.07. The molecule has 2 saturated heterocycles. The lowest BCUT2D eigenvalue weighted by atomic mass is 9.96. The van der Waals surface area contributed by atoms with Gasteiger partial charge in [-0.2, -0.15) is 0 Å².